The molecule has 0 aromatic rings. The van der Waals surface area contributed by atoms with Crippen molar-refractivity contribution in [1.82, 2.24) is 5.32 Å². The first-order valence-electron chi connectivity index (χ1n) is 26.2. The second-order valence-electron chi connectivity index (χ2n) is 19.2. The molecule has 0 spiro atoms. The highest BCUT2D eigenvalue weighted by Gasteiger charge is 2.23. The number of quaternary nitrogens is 1. The summed E-state index contributed by atoms with van der Waals surface area (Å²) < 4.78 is 23.2. The van der Waals surface area contributed by atoms with Crippen molar-refractivity contribution in [3.8, 4) is 0 Å². The molecular formula is C52H103N2O6P. The van der Waals surface area contributed by atoms with Crippen LogP contribution in [0.3, 0.4) is 0 Å². The van der Waals surface area contributed by atoms with Crippen LogP contribution in [-0.2, 0) is 18.4 Å². The first-order valence-corrected chi connectivity index (χ1v) is 27.7. The van der Waals surface area contributed by atoms with E-state index in [0.717, 1.165) is 38.5 Å². The van der Waals surface area contributed by atoms with Crippen molar-refractivity contribution in [2.45, 2.75) is 264 Å². The van der Waals surface area contributed by atoms with E-state index < -0.39 is 20.0 Å². The molecule has 9 heteroatoms. The molecule has 0 aromatic heterocycles. The zero-order chi connectivity index (χ0) is 45.0. The molecule has 3 atom stereocenters. The molecule has 3 unspecified atom stereocenters. The lowest BCUT2D eigenvalue weighted by Crippen LogP contribution is -2.45. The highest BCUT2D eigenvalue weighted by atomic mass is 31.2. The number of allylic oxidation sites excluding steroid dienone is 3. The van der Waals surface area contributed by atoms with Crippen molar-refractivity contribution in [2.75, 3.05) is 40.9 Å². The van der Waals surface area contributed by atoms with Crippen molar-refractivity contribution in [2.24, 2.45) is 0 Å². The van der Waals surface area contributed by atoms with E-state index in [1.165, 1.54) is 193 Å². The fourth-order valence-electron chi connectivity index (χ4n) is 7.76. The summed E-state index contributed by atoms with van der Waals surface area (Å²) in [5.41, 5.74) is 0. The van der Waals surface area contributed by atoms with Crippen molar-refractivity contribution in [3.63, 3.8) is 0 Å². The number of hydrogen-bond acceptors (Lipinski definition) is 6. The number of unbranched alkanes of at least 4 members (excludes halogenated alkanes) is 33. The molecule has 0 heterocycles. The quantitative estimate of drug-likeness (QED) is 0.0273. The number of carbonyl (C=O) groups is 1. The van der Waals surface area contributed by atoms with E-state index in [2.05, 4.69) is 31.3 Å². The lowest BCUT2D eigenvalue weighted by Gasteiger charge is -2.29. The van der Waals surface area contributed by atoms with Crippen LogP contribution < -0.4 is 10.2 Å². The van der Waals surface area contributed by atoms with Gasteiger partial charge in [0.25, 0.3) is 7.82 Å². The lowest BCUT2D eigenvalue weighted by atomic mass is 10.0. The van der Waals surface area contributed by atoms with Gasteiger partial charge in [-0.05, 0) is 32.1 Å². The van der Waals surface area contributed by atoms with Crippen molar-refractivity contribution >= 4 is 13.7 Å². The molecule has 0 rings (SSSR count). The van der Waals surface area contributed by atoms with Crippen LogP contribution in [-0.4, -0.2) is 68.5 Å². The molecule has 0 saturated heterocycles. The summed E-state index contributed by atoms with van der Waals surface area (Å²) in [5, 5.41) is 13.7. The molecule has 61 heavy (non-hydrogen) atoms. The van der Waals surface area contributed by atoms with Crippen LogP contribution in [0.4, 0.5) is 0 Å². The first-order chi connectivity index (χ1) is 29.5. The maximum Gasteiger partial charge on any atom is 0.268 e. The number of carbonyl (C=O) groups excluding carboxylic acids is 1. The van der Waals surface area contributed by atoms with Crippen LogP contribution in [0.25, 0.3) is 0 Å². The minimum absolute atomic E-state index is 0.00456. The first kappa shape index (κ1) is 60.0. The van der Waals surface area contributed by atoms with E-state index in [9.17, 15) is 19.4 Å². The third-order valence-corrected chi connectivity index (χ3v) is 12.9. The minimum Gasteiger partial charge on any atom is -0.756 e. The number of likely N-dealkylation sites (N-methyl/N-ethyl adjacent to an activating group) is 1. The van der Waals surface area contributed by atoms with E-state index in [1.807, 2.05) is 27.2 Å². The zero-order valence-electron chi connectivity index (χ0n) is 41.1. The number of phosphoric acid groups is 1. The predicted octanol–water partition coefficient (Wildman–Crippen LogP) is 14.6. The maximum absolute atomic E-state index is 12.9. The van der Waals surface area contributed by atoms with Crippen LogP contribution in [0.2, 0.25) is 0 Å². The summed E-state index contributed by atoms with van der Waals surface area (Å²) in [5.74, 6) is -0.206. The molecule has 0 aromatic carbocycles. The summed E-state index contributed by atoms with van der Waals surface area (Å²) >= 11 is 0. The third kappa shape index (κ3) is 46.8. The van der Waals surface area contributed by atoms with E-state index in [4.69, 9.17) is 9.05 Å². The topological polar surface area (TPSA) is 108 Å². The fourth-order valence-corrected chi connectivity index (χ4v) is 8.48. The summed E-state index contributed by atoms with van der Waals surface area (Å²) in [4.78, 5) is 25.3. The number of nitrogens with zero attached hydrogens (tertiary/aromatic N) is 1. The molecule has 0 bridgehead atoms. The van der Waals surface area contributed by atoms with E-state index in [-0.39, 0.29) is 19.1 Å². The zero-order valence-corrected chi connectivity index (χ0v) is 42.0. The Morgan fingerprint density at radius 3 is 1.33 bits per heavy atom. The highest BCUT2D eigenvalue weighted by Crippen LogP contribution is 2.38. The second-order valence-corrected chi connectivity index (χ2v) is 20.6. The van der Waals surface area contributed by atoms with Gasteiger partial charge in [-0.25, -0.2) is 0 Å². The van der Waals surface area contributed by atoms with Crippen LogP contribution in [0.5, 0.6) is 0 Å². The third-order valence-electron chi connectivity index (χ3n) is 11.9. The van der Waals surface area contributed by atoms with Gasteiger partial charge in [-0.3, -0.25) is 9.36 Å². The van der Waals surface area contributed by atoms with E-state index in [1.54, 1.807) is 6.08 Å². The van der Waals surface area contributed by atoms with Crippen LogP contribution in [0, 0.1) is 0 Å². The molecule has 0 radical (unpaired) electrons. The average molecular weight is 883 g/mol. The van der Waals surface area contributed by atoms with Gasteiger partial charge >= 0.3 is 0 Å². The summed E-state index contributed by atoms with van der Waals surface area (Å²) in [6, 6.07) is -0.897. The van der Waals surface area contributed by atoms with Gasteiger partial charge in [-0.1, -0.05) is 237 Å². The molecule has 0 aliphatic rings. The predicted molar refractivity (Wildman–Crippen MR) is 261 cm³/mol. The van der Waals surface area contributed by atoms with Crippen LogP contribution >= 0.6 is 7.82 Å². The van der Waals surface area contributed by atoms with Crippen molar-refractivity contribution < 1.29 is 32.9 Å². The second kappa shape index (κ2) is 44.2. The Labute approximate surface area is 379 Å². The monoisotopic (exact) mass is 883 g/mol. The molecule has 362 valence electrons. The van der Waals surface area contributed by atoms with Gasteiger partial charge < -0.3 is 28.8 Å². The number of aliphatic hydroxyl groups is 1. The van der Waals surface area contributed by atoms with Gasteiger partial charge in [-0.15, -0.1) is 0 Å². The molecule has 8 nitrogen and oxygen atoms in total. The Hall–Kier alpha value is -1.02. The van der Waals surface area contributed by atoms with Gasteiger partial charge in [0.2, 0.25) is 5.91 Å². The summed E-state index contributed by atoms with van der Waals surface area (Å²) in [6.45, 7) is 4.59. The van der Waals surface area contributed by atoms with Crippen LogP contribution in [0.15, 0.2) is 24.3 Å². The average Bonchev–Trinajstić information content (AvgIpc) is 3.21. The maximum atomic E-state index is 12.9. The van der Waals surface area contributed by atoms with Gasteiger partial charge in [-0.2, -0.15) is 0 Å². The summed E-state index contributed by atoms with van der Waals surface area (Å²) in [6.07, 6.45) is 54.3. The Kier molecular flexibility index (Phi) is 43.5. The lowest BCUT2D eigenvalue weighted by molar-refractivity contribution is -0.870. The standard InChI is InChI=1S/C52H103N2O6P/c1-6-8-10-12-14-16-17-18-19-20-21-22-23-24-25-26-27-28-29-30-31-32-33-34-35-36-38-40-42-44-46-52(56)53-50(49-60-61(57,58)59-48-47-54(3,4)5)51(55)45-43-41-39-37-15-13-11-9-7-2/h15,37,43,45,50-51,55H,6-14,16-36,38-42,44,46-49H2,1-5H3,(H-,53,56,57,58)/b37-15+,45-43+. The number of rotatable bonds is 48. The van der Waals surface area contributed by atoms with E-state index >= 15 is 0 Å². The Balaban J connectivity index is 3.95. The Morgan fingerprint density at radius 1 is 0.557 bits per heavy atom. The van der Waals surface area contributed by atoms with Gasteiger partial charge in [0.1, 0.15) is 13.2 Å². The van der Waals surface area contributed by atoms with Crippen molar-refractivity contribution in [3.05, 3.63) is 24.3 Å². The molecule has 1 amide bonds. The molecule has 0 aliphatic carbocycles. The van der Waals surface area contributed by atoms with Gasteiger partial charge in [0, 0.05) is 6.42 Å². The van der Waals surface area contributed by atoms with Gasteiger partial charge in [0.05, 0.1) is 39.9 Å². The molecule has 0 saturated carbocycles. The minimum atomic E-state index is -4.59. The Bertz CT molecular complexity index is 1050. The number of aliphatic hydroxyl groups excluding tert-OH is 1. The fraction of sp³-hybridized carbons (Fsp3) is 0.904. The number of phosphoric ester groups is 1. The normalized spacial score (nSPS) is 14.3. The van der Waals surface area contributed by atoms with Crippen LogP contribution in [0.1, 0.15) is 251 Å². The molecular weight excluding hydrogens is 780 g/mol. The van der Waals surface area contributed by atoms with E-state index in [0.29, 0.717) is 17.4 Å². The smallest absolute Gasteiger partial charge is 0.268 e. The number of hydrogen-bond donors (Lipinski definition) is 2. The number of amides is 1. The summed E-state index contributed by atoms with van der Waals surface area (Å²) in [7, 11) is 1.25. The highest BCUT2D eigenvalue weighted by molar-refractivity contribution is 7.45. The van der Waals surface area contributed by atoms with Crippen molar-refractivity contribution in [1.29, 1.82) is 0 Å². The molecule has 0 fully saturated rings. The Morgan fingerprint density at radius 2 is 0.918 bits per heavy atom. The largest absolute Gasteiger partial charge is 0.756 e. The molecule has 2 N–H and O–H groups in total. The SMILES string of the molecule is CCCCC/C=C/CC/C=C/C(O)C(COP(=O)([O-])OCC[N+](C)(C)C)NC(=O)CCCCCCCCCCCCCCCCCCCCCCCCCCCCCCCC. The number of nitrogens with one attached hydrogen (secondary N) is 1. The van der Waals surface area contributed by atoms with Gasteiger partial charge in [0.15, 0.2) is 0 Å². The molecule has 0 aliphatic heterocycles.